The van der Waals surface area contributed by atoms with Crippen molar-refractivity contribution >= 4 is 17.1 Å². The van der Waals surface area contributed by atoms with Crippen molar-refractivity contribution in [2.24, 2.45) is 0 Å². The van der Waals surface area contributed by atoms with E-state index in [2.05, 4.69) is 30.5 Å². The van der Waals surface area contributed by atoms with Crippen LogP contribution in [0.1, 0.15) is 27.2 Å². The van der Waals surface area contributed by atoms with Crippen molar-refractivity contribution in [3.05, 3.63) is 45.6 Å². The number of hydrogen-bond acceptors (Lipinski definition) is 2. The first-order valence-electron chi connectivity index (χ1n) is 5.46. The number of Topliss-reactive ketones (excluding diaryl/α,β-unsaturated/α-hetero) is 1. The van der Waals surface area contributed by atoms with Gasteiger partial charge in [0.1, 0.15) is 0 Å². The lowest BCUT2D eigenvalue weighted by Crippen LogP contribution is -1.90. The Kier molecular flexibility index (Phi) is 2.18. The first-order chi connectivity index (χ1) is 7.75. The SMILES string of the molecule is Cc1sccc1-c1ccc2c(c1)CCC2=O. The summed E-state index contributed by atoms with van der Waals surface area (Å²) in [5.74, 6) is 0.295. The molecule has 80 valence electrons. The summed E-state index contributed by atoms with van der Waals surface area (Å²) in [6.45, 7) is 2.14. The van der Waals surface area contributed by atoms with Crippen LogP contribution in [0.3, 0.4) is 0 Å². The molecule has 0 aliphatic heterocycles. The van der Waals surface area contributed by atoms with Gasteiger partial charge in [0.15, 0.2) is 5.78 Å². The Morgan fingerprint density at radius 2 is 2.00 bits per heavy atom. The Morgan fingerprint density at radius 1 is 1.12 bits per heavy atom. The molecule has 0 fully saturated rings. The number of ketones is 1. The van der Waals surface area contributed by atoms with Gasteiger partial charge in [-0.3, -0.25) is 4.79 Å². The first-order valence-corrected chi connectivity index (χ1v) is 6.34. The van der Waals surface area contributed by atoms with E-state index in [1.807, 2.05) is 6.07 Å². The summed E-state index contributed by atoms with van der Waals surface area (Å²) >= 11 is 1.77. The van der Waals surface area contributed by atoms with Crippen molar-refractivity contribution in [1.82, 2.24) is 0 Å². The molecule has 0 saturated carbocycles. The molecule has 16 heavy (non-hydrogen) atoms. The highest BCUT2D eigenvalue weighted by molar-refractivity contribution is 7.10. The molecule has 0 amide bonds. The van der Waals surface area contributed by atoms with Crippen LogP contribution in [0.25, 0.3) is 11.1 Å². The number of thiophene rings is 1. The maximum absolute atomic E-state index is 11.5. The third kappa shape index (κ3) is 1.41. The van der Waals surface area contributed by atoms with Gasteiger partial charge >= 0.3 is 0 Å². The molecule has 3 rings (SSSR count). The Morgan fingerprint density at radius 3 is 2.75 bits per heavy atom. The van der Waals surface area contributed by atoms with Gasteiger partial charge in [-0.25, -0.2) is 0 Å². The first kappa shape index (κ1) is 9.79. The minimum Gasteiger partial charge on any atom is -0.294 e. The van der Waals surface area contributed by atoms with E-state index in [0.717, 1.165) is 12.0 Å². The fourth-order valence-corrected chi connectivity index (χ4v) is 3.03. The van der Waals surface area contributed by atoms with Crippen LogP contribution < -0.4 is 0 Å². The van der Waals surface area contributed by atoms with E-state index in [9.17, 15) is 4.79 Å². The summed E-state index contributed by atoms with van der Waals surface area (Å²) in [6.07, 6.45) is 1.59. The molecule has 1 aliphatic rings. The van der Waals surface area contributed by atoms with Gasteiger partial charge in [0.2, 0.25) is 0 Å². The molecule has 1 aromatic carbocycles. The molecule has 1 aromatic heterocycles. The van der Waals surface area contributed by atoms with Crippen molar-refractivity contribution in [3.8, 4) is 11.1 Å². The van der Waals surface area contributed by atoms with Crippen LogP contribution in [0.5, 0.6) is 0 Å². The van der Waals surface area contributed by atoms with E-state index in [4.69, 9.17) is 0 Å². The summed E-state index contributed by atoms with van der Waals surface area (Å²) in [6, 6.07) is 8.38. The van der Waals surface area contributed by atoms with Crippen molar-refractivity contribution in [2.75, 3.05) is 0 Å². The number of benzene rings is 1. The predicted molar refractivity (Wildman–Crippen MR) is 67.1 cm³/mol. The van der Waals surface area contributed by atoms with Crippen LogP contribution in [0, 0.1) is 6.92 Å². The van der Waals surface area contributed by atoms with E-state index in [1.165, 1.54) is 21.6 Å². The van der Waals surface area contributed by atoms with E-state index in [1.54, 1.807) is 11.3 Å². The molecular weight excluding hydrogens is 216 g/mol. The fraction of sp³-hybridized carbons (Fsp3) is 0.214. The van der Waals surface area contributed by atoms with Crippen molar-refractivity contribution < 1.29 is 4.79 Å². The van der Waals surface area contributed by atoms with Gasteiger partial charge < -0.3 is 0 Å². The highest BCUT2D eigenvalue weighted by atomic mass is 32.1. The largest absolute Gasteiger partial charge is 0.294 e. The van der Waals surface area contributed by atoms with E-state index >= 15 is 0 Å². The lowest BCUT2D eigenvalue weighted by molar-refractivity contribution is 0.0994. The molecule has 0 spiro atoms. The summed E-state index contributed by atoms with van der Waals surface area (Å²) in [7, 11) is 0. The molecule has 0 bridgehead atoms. The third-order valence-electron chi connectivity index (χ3n) is 3.20. The average molecular weight is 228 g/mol. The number of hydrogen-bond donors (Lipinski definition) is 0. The second kappa shape index (κ2) is 3.56. The van der Waals surface area contributed by atoms with E-state index < -0.39 is 0 Å². The van der Waals surface area contributed by atoms with Crippen LogP contribution in [0.15, 0.2) is 29.6 Å². The number of fused-ring (bicyclic) bond motifs is 1. The van der Waals surface area contributed by atoms with Crippen molar-refractivity contribution in [1.29, 1.82) is 0 Å². The van der Waals surface area contributed by atoms with Crippen molar-refractivity contribution in [3.63, 3.8) is 0 Å². The molecule has 0 unspecified atom stereocenters. The minimum absolute atomic E-state index is 0.295. The zero-order chi connectivity index (χ0) is 11.1. The van der Waals surface area contributed by atoms with Crippen molar-refractivity contribution in [2.45, 2.75) is 19.8 Å². The molecule has 0 saturated heterocycles. The van der Waals surface area contributed by atoms with Gasteiger partial charge in [0, 0.05) is 16.9 Å². The zero-order valence-corrected chi connectivity index (χ0v) is 9.93. The molecule has 2 aromatic rings. The normalized spacial score (nSPS) is 14.2. The number of carbonyl (C=O) groups is 1. The van der Waals surface area contributed by atoms with Crippen LogP contribution in [0.2, 0.25) is 0 Å². The van der Waals surface area contributed by atoms with Crippen LogP contribution in [-0.4, -0.2) is 5.78 Å². The fourth-order valence-electron chi connectivity index (χ4n) is 2.31. The summed E-state index contributed by atoms with van der Waals surface area (Å²) in [5.41, 5.74) is 4.68. The molecule has 0 atom stereocenters. The smallest absolute Gasteiger partial charge is 0.163 e. The van der Waals surface area contributed by atoms with Gasteiger partial charge in [0.05, 0.1) is 0 Å². The molecule has 1 nitrogen and oxygen atoms in total. The molecule has 1 heterocycles. The minimum atomic E-state index is 0.295. The van der Waals surface area contributed by atoms with Gasteiger partial charge in [0.25, 0.3) is 0 Å². The van der Waals surface area contributed by atoms with E-state index in [0.29, 0.717) is 12.2 Å². The second-order valence-electron chi connectivity index (χ2n) is 4.19. The van der Waals surface area contributed by atoms with Crippen LogP contribution in [-0.2, 0) is 6.42 Å². The third-order valence-corrected chi connectivity index (χ3v) is 4.04. The highest BCUT2D eigenvalue weighted by Gasteiger charge is 2.19. The Labute approximate surface area is 98.7 Å². The molecule has 1 aliphatic carbocycles. The number of aryl methyl sites for hydroxylation is 2. The number of rotatable bonds is 1. The zero-order valence-electron chi connectivity index (χ0n) is 9.12. The van der Waals surface area contributed by atoms with Gasteiger partial charge in [-0.15, -0.1) is 11.3 Å². The van der Waals surface area contributed by atoms with Crippen LogP contribution in [0.4, 0.5) is 0 Å². The van der Waals surface area contributed by atoms with Gasteiger partial charge in [-0.1, -0.05) is 18.2 Å². The van der Waals surface area contributed by atoms with E-state index in [-0.39, 0.29) is 0 Å². The standard InChI is InChI=1S/C14H12OS/c1-9-12(6-7-16-9)10-2-4-13-11(8-10)3-5-14(13)15/h2,4,6-8H,3,5H2,1H3. The Balaban J connectivity index is 2.12. The van der Waals surface area contributed by atoms with Gasteiger partial charge in [-0.2, -0.15) is 0 Å². The summed E-state index contributed by atoms with van der Waals surface area (Å²) in [5, 5.41) is 2.11. The highest BCUT2D eigenvalue weighted by Crippen LogP contribution is 2.31. The quantitative estimate of drug-likeness (QED) is 0.724. The Hall–Kier alpha value is -1.41. The van der Waals surface area contributed by atoms with Gasteiger partial charge in [-0.05, 0) is 41.5 Å². The lowest BCUT2D eigenvalue weighted by Gasteiger charge is -2.03. The molecule has 0 N–H and O–H groups in total. The molecule has 2 heteroatoms. The lowest BCUT2D eigenvalue weighted by atomic mass is 10.0. The second-order valence-corrected chi connectivity index (χ2v) is 5.31. The molecule has 0 radical (unpaired) electrons. The molecular formula is C14H12OS. The summed E-state index contributed by atoms with van der Waals surface area (Å²) < 4.78 is 0. The summed E-state index contributed by atoms with van der Waals surface area (Å²) in [4.78, 5) is 12.9. The number of carbonyl (C=O) groups excluding carboxylic acids is 1. The topological polar surface area (TPSA) is 17.1 Å². The Bertz CT molecular complexity index is 566. The average Bonchev–Trinajstić information content (AvgIpc) is 2.86. The van der Waals surface area contributed by atoms with Crippen LogP contribution >= 0.6 is 11.3 Å². The maximum Gasteiger partial charge on any atom is 0.163 e. The predicted octanol–water partition coefficient (Wildman–Crippen LogP) is 3.85. The maximum atomic E-state index is 11.5. The monoisotopic (exact) mass is 228 g/mol.